The fourth-order valence-corrected chi connectivity index (χ4v) is 2.55. The summed E-state index contributed by atoms with van der Waals surface area (Å²) in [5.41, 5.74) is 11.4. The summed E-state index contributed by atoms with van der Waals surface area (Å²) in [6, 6.07) is 13.6. The lowest BCUT2D eigenvalue weighted by Gasteiger charge is -2.06. The summed E-state index contributed by atoms with van der Waals surface area (Å²) in [7, 11) is 0. The monoisotopic (exact) mass is 287 g/mol. The van der Waals surface area contributed by atoms with Crippen LogP contribution in [0.2, 0.25) is 0 Å². The van der Waals surface area contributed by atoms with E-state index in [0.29, 0.717) is 0 Å². The first-order valence-corrected chi connectivity index (χ1v) is 6.92. The van der Waals surface area contributed by atoms with Crippen molar-refractivity contribution in [1.82, 2.24) is 20.2 Å². The van der Waals surface area contributed by atoms with Crippen molar-refractivity contribution < 1.29 is 0 Å². The number of nitrogens with two attached hydrogens (primary N) is 1. The molecular weight excluding hydrogens is 274 g/mol. The Balaban J connectivity index is 1.90. The van der Waals surface area contributed by atoms with Gasteiger partial charge in [0.1, 0.15) is 0 Å². The lowest BCUT2D eigenvalue weighted by atomic mass is 10.0. The van der Waals surface area contributed by atoms with Gasteiger partial charge in [-0.3, -0.25) is 15.1 Å². The summed E-state index contributed by atoms with van der Waals surface area (Å²) in [5, 5.41) is 8.13. The smallest absolute Gasteiger partial charge is 0.0912 e. The van der Waals surface area contributed by atoms with Crippen LogP contribution in [0, 0.1) is 0 Å². The van der Waals surface area contributed by atoms with Gasteiger partial charge in [-0.25, -0.2) is 0 Å². The second-order valence-corrected chi connectivity index (χ2v) is 5.01. The molecule has 0 aliphatic heterocycles. The highest BCUT2D eigenvalue weighted by molar-refractivity contribution is 5.94. The number of nitrogen functional groups attached to an aromatic ring is 1. The van der Waals surface area contributed by atoms with Crippen molar-refractivity contribution in [2.45, 2.75) is 0 Å². The van der Waals surface area contributed by atoms with Gasteiger partial charge in [0, 0.05) is 29.0 Å². The molecule has 0 unspecified atom stereocenters. The zero-order valence-electron chi connectivity index (χ0n) is 11.7. The van der Waals surface area contributed by atoms with E-state index in [2.05, 4.69) is 20.2 Å². The summed E-state index contributed by atoms with van der Waals surface area (Å²) in [5.74, 6) is 0. The van der Waals surface area contributed by atoms with Crippen LogP contribution in [-0.4, -0.2) is 20.2 Å². The lowest BCUT2D eigenvalue weighted by Crippen LogP contribution is -1.90. The molecule has 3 heterocycles. The maximum Gasteiger partial charge on any atom is 0.0912 e. The van der Waals surface area contributed by atoms with Crippen LogP contribution in [0.1, 0.15) is 0 Å². The van der Waals surface area contributed by atoms with Gasteiger partial charge in [-0.05, 0) is 35.9 Å². The number of aromatic nitrogens is 4. The standard InChI is InChI=1S/C17H13N5/c18-14-6-8-20-15-5-4-11(9-12(14)15)13-10-21-22-17(13)16-3-1-2-7-19-16/h1-10H,(H2,18,20)(H,21,22). The Morgan fingerprint density at radius 1 is 0.955 bits per heavy atom. The van der Waals surface area contributed by atoms with Gasteiger partial charge < -0.3 is 5.73 Å². The second-order valence-electron chi connectivity index (χ2n) is 5.01. The Bertz CT molecular complexity index is 944. The van der Waals surface area contributed by atoms with E-state index in [4.69, 9.17) is 5.73 Å². The number of nitrogens with zero attached hydrogens (tertiary/aromatic N) is 3. The van der Waals surface area contributed by atoms with E-state index in [9.17, 15) is 0 Å². The molecule has 0 bridgehead atoms. The number of benzene rings is 1. The van der Waals surface area contributed by atoms with E-state index in [0.717, 1.165) is 39.1 Å². The lowest BCUT2D eigenvalue weighted by molar-refractivity contribution is 1.09. The number of H-pyrrole nitrogens is 1. The number of hydrogen-bond acceptors (Lipinski definition) is 4. The molecule has 0 aliphatic carbocycles. The molecule has 0 atom stereocenters. The van der Waals surface area contributed by atoms with E-state index in [1.165, 1.54) is 0 Å². The van der Waals surface area contributed by atoms with Crippen molar-refractivity contribution in [1.29, 1.82) is 0 Å². The van der Waals surface area contributed by atoms with Gasteiger partial charge in [0.15, 0.2) is 0 Å². The first kappa shape index (κ1) is 12.5. The predicted octanol–water partition coefficient (Wildman–Crippen LogP) is 3.27. The molecule has 4 aromatic rings. The summed E-state index contributed by atoms with van der Waals surface area (Å²) in [6.45, 7) is 0. The molecule has 3 N–H and O–H groups in total. The topological polar surface area (TPSA) is 80.5 Å². The first-order chi connectivity index (χ1) is 10.8. The van der Waals surface area contributed by atoms with Crippen molar-refractivity contribution in [3.63, 3.8) is 0 Å². The van der Waals surface area contributed by atoms with Gasteiger partial charge in [0.25, 0.3) is 0 Å². The first-order valence-electron chi connectivity index (χ1n) is 6.92. The average molecular weight is 287 g/mol. The third-order valence-electron chi connectivity index (χ3n) is 3.65. The van der Waals surface area contributed by atoms with Crippen LogP contribution in [0.15, 0.2) is 61.1 Å². The highest BCUT2D eigenvalue weighted by Crippen LogP contribution is 2.31. The molecule has 22 heavy (non-hydrogen) atoms. The Labute approximate surface area is 126 Å². The summed E-state index contributed by atoms with van der Waals surface area (Å²) >= 11 is 0. The quantitative estimate of drug-likeness (QED) is 0.593. The average Bonchev–Trinajstić information content (AvgIpc) is 3.05. The summed E-state index contributed by atoms with van der Waals surface area (Å²) < 4.78 is 0. The zero-order valence-corrected chi connectivity index (χ0v) is 11.7. The number of fused-ring (bicyclic) bond motifs is 1. The number of pyridine rings is 2. The van der Waals surface area contributed by atoms with Crippen LogP contribution in [0.3, 0.4) is 0 Å². The molecule has 5 heteroatoms. The van der Waals surface area contributed by atoms with Gasteiger partial charge in [0.05, 0.1) is 23.1 Å². The van der Waals surface area contributed by atoms with Gasteiger partial charge in [-0.1, -0.05) is 12.1 Å². The minimum absolute atomic E-state index is 0.717. The zero-order chi connectivity index (χ0) is 14.9. The van der Waals surface area contributed by atoms with Crippen molar-refractivity contribution >= 4 is 16.6 Å². The third-order valence-corrected chi connectivity index (χ3v) is 3.65. The van der Waals surface area contributed by atoms with E-state index < -0.39 is 0 Å². The maximum absolute atomic E-state index is 6.05. The molecule has 0 saturated carbocycles. The van der Waals surface area contributed by atoms with Crippen LogP contribution < -0.4 is 5.73 Å². The van der Waals surface area contributed by atoms with Gasteiger partial charge in [-0.15, -0.1) is 0 Å². The van der Waals surface area contributed by atoms with Crippen molar-refractivity contribution in [2.75, 3.05) is 5.73 Å². The van der Waals surface area contributed by atoms with Gasteiger partial charge in [0.2, 0.25) is 0 Å². The number of hydrogen-bond donors (Lipinski definition) is 2. The fourth-order valence-electron chi connectivity index (χ4n) is 2.55. The SMILES string of the molecule is Nc1ccnc2ccc(-c3cn[nH]c3-c3ccccn3)cc12. The van der Waals surface area contributed by atoms with E-state index in [1.807, 2.05) is 36.4 Å². The van der Waals surface area contributed by atoms with Crippen molar-refractivity contribution in [2.24, 2.45) is 0 Å². The van der Waals surface area contributed by atoms with Crippen LogP contribution in [0.25, 0.3) is 33.4 Å². The summed E-state index contributed by atoms with van der Waals surface area (Å²) in [6.07, 6.45) is 5.29. The molecule has 4 rings (SSSR count). The highest BCUT2D eigenvalue weighted by atomic mass is 15.1. The van der Waals surface area contributed by atoms with Crippen LogP contribution in [-0.2, 0) is 0 Å². The molecular formula is C17H13N5. The molecule has 106 valence electrons. The second kappa shape index (κ2) is 4.96. The third kappa shape index (κ3) is 2.00. The number of aromatic amines is 1. The molecule has 0 fully saturated rings. The Morgan fingerprint density at radius 2 is 1.91 bits per heavy atom. The molecule has 0 radical (unpaired) electrons. The van der Waals surface area contributed by atoms with Crippen LogP contribution >= 0.6 is 0 Å². The Hall–Kier alpha value is -3.21. The molecule has 0 amide bonds. The molecule has 1 aromatic carbocycles. The highest BCUT2D eigenvalue weighted by Gasteiger charge is 2.11. The van der Waals surface area contributed by atoms with E-state index in [1.54, 1.807) is 24.7 Å². The van der Waals surface area contributed by atoms with E-state index >= 15 is 0 Å². The molecule has 5 nitrogen and oxygen atoms in total. The summed E-state index contributed by atoms with van der Waals surface area (Å²) in [4.78, 5) is 8.71. The number of anilines is 1. The van der Waals surface area contributed by atoms with Crippen molar-refractivity contribution in [3.8, 4) is 22.5 Å². The van der Waals surface area contributed by atoms with E-state index in [-0.39, 0.29) is 0 Å². The van der Waals surface area contributed by atoms with Gasteiger partial charge in [-0.2, -0.15) is 5.10 Å². The largest absolute Gasteiger partial charge is 0.398 e. The maximum atomic E-state index is 6.05. The van der Waals surface area contributed by atoms with Crippen molar-refractivity contribution in [3.05, 3.63) is 61.1 Å². The minimum atomic E-state index is 0.717. The number of nitrogens with one attached hydrogen (secondary N) is 1. The molecule has 0 saturated heterocycles. The van der Waals surface area contributed by atoms with Crippen LogP contribution in [0.4, 0.5) is 5.69 Å². The Morgan fingerprint density at radius 3 is 2.77 bits per heavy atom. The minimum Gasteiger partial charge on any atom is -0.398 e. The molecule has 0 aliphatic rings. The predicted molar refractivity (Wildman–Crippen MR) is 87.0 cm³/mol. The molecule has 3 aromatic heterocycles. The number of rotatable bonds is 2. The normalized spacial score (nSPS) is 10.9. The van der Waals surface area contributed by atoms with Crippen LogP contribution in [0.5, 0.6) is 0 Å². The molecule has 0 spiro atoms. The fraction of sp³-hybridized carbons (Fsp3) is 0. The van der Waals surface area contributed by atoms with Gasteiger partial charge >= 0.3 is 0 Å². The Kier molecular flexibility index (Phi) is 2.83.